The fourth-order valence-electron chi connectivity index (χ4n) is 3.07. The van der Waals surface area contributed by atoms with Crippen molar-refractivity contribution in [2.45, 2.75) is 20.0 Å². The zero-order valence-corrected chi connectivity index (χ0v) is 17.4. The van der Waals surface area contributed by atoms with Gasteiger partial charge in [-0.3, -0.25) is 4.79 Å². The lowest BCUT2D eigenvalue weighted by Crippen LogP contribution is -2.12. The summed E-state index contributed by atoms with van der Waals surface area (Å²) in [7, 11) is 0. The highest BCUT2D eigenvalue weighted by atomic mass is 19.1. The highest BCUT2D eigenvalue weighted by molar-refractivity contribution is 6.04. The first kappa shape index (κ1) is 21.2. The molecule has 0 saturated carbocycles. The van der Waals surface area contributed by atoms with E-state index in [2.05, 4.69) is 15.4 Å². The lowest BCUT2D eigenvalue weighted by atomic mass is 10.2. The number of rotatable bonds is 6. The van der Waals surface area contributed by atoms with Gasteiger partial charge in [-0.2, -0.15) is 4.98 Å². The second kappa shape index (κ2) is 8.97. The first-order valence-corrected chi connectivity index (χ1v) is 9.96. The van der Waals surface area contributed by atoms with E-state index in [1.165, 1.54) is 41.1 Å². The average molecular weight is 434 g/mol. The van der Waals surface area contributed by atoms with Gasteiger partial charge in [0.15, 0.2) is 5.82 Å². The number of carbonyl (C=O) groups is 1. The third-order valence-corrected chi connectivity index (χ3v) is 4.47. The maximum absolute atomic E-state index is 13.8. The minimum atomic E-state index is -0.418. The van der Waals surface area contributed by atoms with E-state index in [0.29, 0.717) is 28.3 Å². The second-order valence-corrected chi connectivity index (χ2v) is 7.32. The maximum Gasteiger partial charge on any atom is 0.336 e. The normalized spacial score (nSPS) is 10.9. The van der Waals surface area contributed by atoms with E-state index in [1.807, 2.05) is 13.8 Å². The number of ether oxygens (including phenoxy) is 1. The molecule has 0 saturated heterocycles. The minimum absolute atomic E-state index is 0.146. The molecule has 4 aromatic rings. The third kappa shape index (κ3) is 4.80. The summed E-state index contributed by atoms with van der Waals surface area (Å²) in [6.45, 7) is 3.71. The number of aromatic nitrogens is 3. The molecule has 6 nitrogen and oxygen atoms in total. The fourth-order valence-corrected chi connectivity index (χ4v) is 3.07. The van der Waals surface area contributed by atoms with Crippen molar-refractivity contribution in [1.29, 1.82) is 0 Å². The summed E-state index contributed by atoms with van der Waals surface area (Å²) in [6, 6.07) is 18.4. The van der Waals surface area contributed by atoms with Crippen LogP contribution >= 0.6 is 0 Å². The Balaban J connectivity index is 1.69. The topological polar surface area (TPSA) is 69.0 Å². The molecule has 1 aromatic heterocycles. The molecule has 0 fully saturated rings. The fraction of sp³-hybridized carbons (Fsp3) is 0.125. The number of hydrogen-bond donors (Lipinski definition) is 1. The maximum atomic E-state index is 13.8. The van der Waals surface area contributed by atoms with Crippen molar-refractivity contribution in [3.8, 4) is 23.1 Å². The molecule has 32 heavy (non-hydrogen) atoms. The molecule has 1 heterocycles. The Morgan fingerprint density at radius 3 is 2.44 bits per heavy atom. The van der Waals surface area contributed by atoms with Crippen LogP contribution in [-0.4, -0.2) is 26.8 Å². The van der Waals surface area contributed by atoms with Gasteiger partial charge in [-0.15, -0.1) is 5.10 Å². The monoisotopic (exact) mass is 434 g/mol. The van der Waals surface area contributed by atoms with Crippen LogP contribution in [0.3, 0.4) is 0 Å². The zero-order valence-electron chi connectivity index (χ0n) is 17.4. The molecule has 8 heteroatoms. The number of nitrogens with zero attached hydrogens (tertiary/aromatic N) is 3. The number of benzene rings is 3. The quantitative estimate of drug-likeness (QED) is 0.450. The van der Waals surface area contributed by atoms with Crippen LogP contribution in [0.25, 0.3) is 17.1 Å². The molecule has 0 unspecified atom stereocenters. The number of hydrogen-bond acceptors (Lipinski definition) is 4. The Kier molecular flexibility index (Phi) is 5.93. The highest BCUT2D eigenvalue weighted by Crippen LogP contribution is 2.26. The van der Waals surface area contributed by atoms with E-state index in [9.17, 15) is 13.6 Å². The van der Waals surface area contributed by atoms with Crippen LogP contribution in [0.1, 0.15) is 24.2 Å². The lowest BCUT2D eigenvalue weighted by molar-refractivity contribution is 0.102. The van der Waals surface area contributed by atoms with Crippen LogP contribution in [0.5, 0.6) is 6.01 Å². The van der Waals surface area contributed by atoms with Gasteiger partial charge in [0.2, 0.25) is 0 Å². The molecule has 0 spiro atoms. The molecule has 0 aliphatic rings. The Morgan fingerprint density at radius 2 is 1.72 bits per heavy atom. The Morgan fingerprint density at radius 1 is 0.969 bits per heavy atom. The first-order valence-electron chi connectivity index (χ1n) is 9.96. The molecule has 4 rings (SSSR count). The number of amides is 1. The van der Waals surface area contributed by atoms with Gasteiger partial charge in [-0.25, -0.2) is 13.5 Å². The van der Waals surface area contributed by atoms with Crippen LogP contribution in [0.4, 0.5) is 14.5 Å². The molecule has 0 aliphatic heterocycles. The summed E-state index contributed by atoms with van der Waals surface area (Å²) >= 11 is 0. The van der Waals surface area contributed by atoms with Crippen LogP contribution in [0.2, 0.25) is 0 Å². The van der Waals surface area contributed by atoms with Gasteiger partial charge in [-0.05, 0) is 68.4 Å². The van der Waals surface area contributed by atoms with E-state index in [1.54, 1.807) is 36.4 Å². The lowest BCUT2D eigenvalue weighted by Gasteiger charge is -2.09. The van der Waals surface area contributed by atoms with E-state index in [-0.39, 0.29) is 18.0 Å². The number of nitrogens with one attached hydrogen (secondary N) is 1. The van der Waals surface area contributed by atoms with Crippen molar-refractivity contribution in [2.24, 2.45) is 0 Å². The van der Waals surface area contributed by atoms with E-state index in [0.717, 1.165) is 0 Å². The van der Waals surface area contributed by atoms with Crippen molar-refractivity contribution in [2.75, 3.05) is 5.32 Å². The van der Waals surface area contributed by atoms with Crippen LogP contribution < -0.4 is 10.1 Å². The third-order valence-electron chi connectivity index (χ3n) is 4.47. The van der Waals surface area contributed by atoms with Crippen molar-refractivity contribution >= 4 is 11.6 Å². The smallest absolute Gasteiger partial charge is 0.336 e. The molecule has 162 valence electrons. The van der Waals surface area contributed by atoms with Crippen LogP contribution in [0.15, 0.2) is 72.8 Å². The SMILES string of the molecule is CC(C)Oc1nc(-c2cccc(F)c2)n(-c2cccc(NC(=O)c3ccc(F)cc3)c2)n1. The minimum Gasteiger partial charge on any atom is -0.460 e. The van der Waals surface area contributed by atoms with Gasteiger partial charge in [0, 0.05) is 16.8 Å². The van der Waals surface area contributed by atoms with Gasteiger partial charge in [0.1, 0.15) is 11.6 Å². The second-order valence-electron chi connectivity index (χ2n) is 7.32. The summed E-state index contributed by atoms with van der Waals surface area (Å²) in [6.07, 6.45) is -0.146. The van der Waals surface area contributed by atoms with Gasteiger partial charge in [0.05, 0.1) is 11.8 Å². The molecular formula is C24H20F2N4O2. The molecule has 1 N–H and O–H groups in total. The van der Waals surface area contributed by atoms with Crippen molar-refractivity contribution in [1.82, 2.24) is 14.8 Å². The number of anilines is 1. The molecule has 0 bridgehead atoms. The van der Waals surface area contributed by atoms with Crippen molar-refractivity contribution < 1.29 is 18.3 Å². The first-order chi connectivity index (χ1) is 15.4. The van der Waals surface area contributed by atoms with Crippen LogP contribution in [0, 0.1) is 11.6 Å². The largest absolute Gasteiger partial charge is 0.460 e. The Hall–Kier alpha value is -4.07. The van der Waals surface area contributed by atoms with E-state index < -0.39 is 11.6 Å². The number of carbonyl (C=O) groups excluding carboxylic acids is 1. The van der Waals surface area contributed by atoms with Gasteiger partial charge < -0.3 is 10.1 Å². The van der Waals surface area contributed by atoms with Gasteiger partial charge >= 0.3 is 6.01 Å². The van der Waals surface area contributed by atoms with Crippen molar-refractivity contribution in [3.63, 3.8) is 0 Å². The van der Waals surface area contributed by atoms with Gasteiger partial charge in [-0.1, -0.05) is 18.2 Å². The summed E-state index contributed by atoms with van der Waals surface area (Å²) in [5.74, 6) is -0.806. The summed E-state index contributed by atoms with van der Waals surface area (Å²) in [5, 5.41) is 7.20. The molecule has 0 radical (unpaired) electrons. The van der Waals surface area contributed by atoms with E-state index in [4.69, 9.17) is 4.74 Å². The average Bonchev–Trinajstić information content (AvgIpc) is 3.17. The molecule has 3 aromatic carbocycles. The predicted octanol–water partition coefficient (Wildman–Crippen LogP) is 5.25. The molecule has 1 amide bonds. The Labute approximate surface area is 183 Å². The molecule has 0 atom stereocenters. The van der Waals surface area contributed by atoms with Crippen LogP contribution in [-0.2, 0) is 0 Å². The summed E-state index contributed by atoms with van der Waals surface area (Å²) in [5.41, 5.74) is 1.94. The summed E-state index contributed by atoms with van der Waals surface area (Å²) in [4.78, 5) is 16.9. The molecule has 0 aliphatic carbocycles. The zero-order chi connectivity index (χ0) is 22.7. The molecular weight excluding hydrogens is 414 g/mol. The highest BCUT2D eigenvalue weighted by Gasteiger charge is 2.17. The van der Waals surface area contributed by atoms with Crippen molar-refractivity contribution in [3.05, 3.63) is 90.0 Å². The Bertz CT molecular complexity index is 1250. The summed E-state index contributed by atoms with van der Waals surface area (Å²) < 4.78 is 34.1. The standard InChI is InChI=1S/C24H20F2N4O2/c1-15(2)32-24-28-22(17-5-3-6-19(26)13-17)30(29-24)21-8-4-7-20(14-21)27-23(31)16-9-11-18(25)12-10-16/h3-15H,1-2H3,(H,27,31). The number of halogens is 2. The van der Waals surface area contributed by atoms with Gasteiger partial charge in [0.25, 0.3) is 5.91 Å². The van der Waals surface area contributed by atoms with E-state index >= 15 is 0 Å². The predicted molar refractivity (Wildman–Crippen MR) is 117 cm³/mol.